The third-order valence-electron chi connectivity index (χ3n) is 4.88. The summed E-state index contributed by atoms with van der Waals surface area (Å²) in [7, 11) is 2.10. The molecule has 2 aliphatic heterocycles. The number of piperazine rings is 1. The Labute approximate surface area is 126 Å². The van der Waals surface area contributed by atoms with Crippen molar-refractivity contribution in [2.45, 2.75) is 39.4 Å². The minimum Gasteiger partial charge on any atom is -0.335 e. The van der Waals surface area contributed by atoms with Gasteiger partial charge in [-0.25, -0.2) is 0 Å². The average Bonchev–Trinajstić information content (AvgIpc) is 3.06. The van der Waals surface area contributed by atoms with E-state index in [2.05, 4.69) is 40.9 Å². The van der Waals surface area contributed by atoms with Gasteiger partial charge in [-0.15, -0.1) is 0 Å². The van der Waals surface area contributed by atoms with Gasteiger partial charge in [0.05, 0.1) is 5.69 Å². The van der Waals surface area contributed by atoms with Gasteiger partial charge in [-0.05, 0) is 20.4 Å². The van der Waals surface area contributed by atoms with E-state index in [1.54, 1.807) is 0 Å². The molecule has 1 saturated heterocycles. The number of nitrogens with zero attached hydrogens (tertiary/aromatic N) is 4. The number of nitrogens with one attached hydrogen (secondary N) is 1. The van der Waals surface area contributed by atoms with Crippen LogP contribution in [0.15, 0.2) is 0 Å². The van der Waals surface area contributed by atoms with Crippen LogP contribution in [0.4, 0.5) is 0 Å². The second kappa shape index (κ2) is 5.77. The molecule has 21 heavy (non-hydrogen) atoms. The zero-order valence-corrected chi connectivity index (χ0v) is 13.2. The lowest BCUT2D eigenvalue weighted by molar-refractivity contribution is 0.0655. The van der Waals surface area contributed by atoms with Gasteiger partial charge in [0, 0.05) is 50.9 Å². The highest BCUT2D eigenvalue weighted by Crippen LogP contribution is 2.27. The minimum absolute atomic E-state index is 0.0894. The number of fused-ring (bicyclic) bond motifs is 1. The van der Waals surface area contributed by atoms with Crippen LogP contribution in [0, 0.1) is 0 Å². The second-order valence-corrected chi connectivity index (χ2v) is 6.29. The number of likely N-dealkylation sites (N-methyl/N-ethyl adjacent to an activating group) is 1. The van der Waals surface area contributed by atoms with Gasteiger partial charge >= 0.3 is 0 Å². The van der Waals surface area contributed by atoms with Crippen LogP contribution >= 0.6 is 0 Å². The first kappa shape index (κ1) is 14.5. The molecule has 1 unspecified atom stereocenters. The zero-order valence-electron chi connectivity index (χ0n) is 13.2. The van der Waals surface area contributed by atoms with Crippen LogP contribution in [0.2, 0.25) is 0 Å². The Hall–Kier alpha value is -1.40. The van der Waals surface area contributed by atoms with E-state index in [-0.39, 0.29) is 5.91 Å². The molecule has 1 aromatic rings. The normalized spacial score (nSPS) is 21.6. The van der Waals surface area contributed by atoms with E-state index in [0.29, 0.717) is 11.7 Å². The summed E-state index contributed by atoms with van der Waals surface area (Å²) < 4.78 is 0. The van der Waals surface area contributed by atoms with Crippen LogP contribution in [0.5, 0.6) is 0 Å². The predicted molar refractivity (Wildman–Crippen MR) is 81.0 cm³/mol. The SMILES string of the molecule is CCC(C)N1Cc2[nH]nc(C(=O)N3CCN(C)CC3)c2C1. The Balaban J connectivity index is 1.73. The molecular formula is C15H25N5O. The van der Waals surface area contributed by atoms with Crippen molar-refractivity contribution in [1.82, 2.24) is 24.9 Å². The lowest BCUT2D eigenvalue weighted by Crippen LogP contribution is -2.47. The van der Waals surface area contributed by atoms with Crippen molar-refractivity contribution in [3.05, 3.63) is 17.0 Å². The Kier molecular flexibility index (Phi) is 3.99. The first-order chi connectivity index (χ1) is 10.1. The molecule has 1 fully saturated rings. The molecule has 1 N–H and O–H groups in total. The fraction of sp³-hybridized carbons (Fsp3) is 0.733. The monoisotopic (exact) mass is 291 g/mol. The Morgan fingerprint density at radius 3 is 2.67 bits per heavy atom. The molecule has 116 valence electrons. The summed E-state index contributed by atoms with van der Waals surface area (Å²) in [5, 5.41) is 7.37. The third kappa shape index (κ3) is 2.70. The van der Waals surface area contributed by atoms with Crippen molar-refractivity contribution in [2.75, 3.05) is 33.2 Å². The highest BCUT2D eigenvalue weighted by molar-refractivity contribution is 5.94. The topological polar surface area (TPSA) is 55.5 Å². The van der Waals surface area contributed by atoms with E-state index in [1.807, 2.05) is 4.90 Å². The molecule has 0 bridgehead atoms. The third-order valence-corrected chi connectivity index (χ3v) is 4.88. The van der Waals surface area contributed by atoms with Crippen LogP contribution in [-0.2, 0) is 13.1 Å². The largest absolute Gasteiger partial charge is 0.335 e. The van der Waals surface area contributed by atoms with E-state index in [0.717, 1.165) is 56.9 Å². The van der Waals surface area contributed by atoms with Crippen LogP contribution in [0.3, 0.4) is 0 Å². The molecule has 6 heteroatoms. The van der Waals surface area contributed by atoms with Crippen molar-refractivity contribution in [3.63, 3.8) is 0 Å². The van der Waals surface area contributed by atoms with Gasteiger partial charge in [-0.3, -0.25) is 14.8 Å². The van der Waals surface area contributed by atoms with Gasteiger partial charge in [0.1, 0.15) is 0 Å². The first-order valence-corrected chi connectivity index (χ1v) is 7.88. The second-order valence-electron chi connectivity index (χ2n) is 6.29. The predicted octanol–water partition coefficient (Wildman–Crippen LogP) is 0.911. The van der Waals surface area contributed by atoms with Gasteiger partial charge in [-0.2, -0.15) is 5.10 Å². The van der Waals surface area contributed by atoms with Crippen LogP contribution < -0.4 is 0 Å². The fourth-order valence-corrected chi connectivity index (χ4v) is 3.07. The summed E-state index contributed by atoms with van der Waals surface area (Å²) in [4.78, 5) is 19.3. The Bertz CT molecular complexity index is 518. The average molecular weight is 291 g/mol. The molecule has 3 rings (SSSR count). The highest BCUT2D eigenvalue weighted by atomic mass is 16.2. The molecule has 0 spiro atoms. The number of hydrogen-bond acceptors (Lipinski definition) is 4. The van der Waals surface area contributed by atoms with E-state index < -0.39 is 0 Å². The lowest BCUT2D eigenvalue weighted by atomic mass is 10.2. The summed E-state index contributed by atoms with van der Waals surface area (Å²) >= 11 is 0. The van der Waals surface area contributed by atoms with Crippen molar-refractivity contribution in [1.29, 1.82) is 0 Å². The standard InChI is InChI=1S/C15H25N5O/c1-4-11(2)20-9-12-13(10-20)16-17-14(12)15(21)19-7-5-18(3)6-8-19/h11H,4-10H2,1-3H3,(H,16,17). The number of amides is 1. The maximum absolute atomic E-state index is 12.7. The Morgan fingerprint density at radius 2 is 2.00 bits per heavy atom. The lowest BCUT2D eigenvalue weighted by Gasteiger charge is -2.32. The van der Waals surface area contributed by atoms with Crippen molar-refractivity contribution >= 4 is 5.91 Å². The first-order valence-electron chi connectivity index (χ1n) is 7.88. The number of aromatic nitrogens is 2. The quantitative estimate of drug-likeness (QED) is 0.899. The molecular weight excluding hydrogens is 266 g/mol. The summed E-state index contributed by atoms with van der Waals surface area (Å²) in [6, 6.07) is 0.539. The molecule has 3 heterocycles. The van der Waals surface area contributed by atoms with Gasteiger partial charge in [0.15, 0.2) is 5.69 Å². The van der Waals surface area contributed by atoms with Gasteiger partial charge < -0.3 is 9.80 Å². The van der Waals surface area contributed by atoms with E-state index in [9.17, 15) is 4.79 Å². The molecule has 1 atom stereocenters. The zero-order chi connectivity index (χ0) is 15.0. The number of carbonyl (C=O) groups is 1. The number of H-pyrrole nitrogens is 1. The van der Waals surface area contributed by atoms with Gasteiger partial charge in [0.2, 0.25) is 0 Å². The fourth-order valence-electron chi connectivity index (χ4n) is 3.07. The summed E-state index contributed by atoms with van der Waals surface area (Å²) in [5.74, 6) is 0.0894. The van der Waals surface area contributed by atoms with Crippen molar-refractivity contribution in [2.24, 2.45) is 0 Å². The number of carbonyl (C=O) groups excluding carboxylic acids is 1. The molecule has 0 aliphatic carbocycles. The molecule has 1 aromatic heterocycles. The molecule has 0 aromatic carbocycles. The van der Waals surface area contributed by atoms with Gasteiger partial charge in [-0.1, -0.05) is 6.92 Å². The molecule has 0 radical (unpaired) electrons. The molecule has 6 nitrogen and oxygen atoms in total. The van der Waals surface area contributed by atoms with Gasteiger partial charge in [0.25, 0.3) is 5.91 Å². The minimum atomic E-state index is 0.0894. The summed E-state index contributed by atoms with van der Waals surface area (Å²) in [5.41, 5.74) is 2.87. The summed E-state index contributed by atoms with van der Waals surface area (Å²) in [6.45, 7) is 9.64. The summed E-state index contributed by atoms with van der Waals surface area (Å²) in [6.07, 6.45) is 1.12. The molecule has 0 saturated carbocycles. The van der Waals surface area contributed by atoms with Crippen LogP contribution in [0.1, 0.15) is 42.0 Å². The number of aromatic amines is 1. The highest BCUT2D eigenvalue weighted by Gasteiger charge is 2.32. The van der Waals surface area contributed by atoms with Crippen molar-refractivity contribution in [3.8, 4) is 0 Å². The molecule has 2 aliphatic rings. The van der Waals surface area contributed by atoms with E-state index in [4.69, 9.17) is 0 Å². The maximum Gasteiger partial charge on any atom is 0.274 e. The van der Waals surface area contributed by atoms with E-state index >= 15 is 0 Å². The van der Waals surface area contributed by atoms with E-state index in [1.165, 1.54) is 0 Å². The number of rotatable bonds is 3. The van der Waals surface area contributed by atoms with Crippen LogP contribution in [-0.4, -0.2) is 70.1 Å². The molecule has 1 amide bonds. The van der Waals surface area contributed by atoms with Crippen LogP contribution in [0.25, 0.3) is 0 Å². The smallest absolute Gasteiger partial charge is 0.274 e. The number of hydrogen-bond donors (Lipinski definition) is 1. The Morgan fingerprint density at radius 1 is 1.29 bits per heavy atom. The van der Waals surface area contributed by atoms with Crippen molar-refractivity contribution < 1.29 is 4.79 Å². The maximum atomic E-state index is 12.7.